The van der Waals surface area contributed by atoms with Gasteiger partial charge in [0.05, 0.1) is 12.0 Å². The molecule has 1 spiro atoms. The van der Waals surface area contributed by atoms with Crippen LogP contribution in [-0.2, 0) is 14.1 Å². The molecule has 3 aliphatic heterocycles. The van der Waals surface area contributed by atoms with Gasteiger partial charge in [0.15, 0.2) is 0 Å². The van der Waals surface area contributed by atoms with Crippen LogP contribution in [0.1, 0.15) is 12.0 Å². The SMILES string of the molecule is COc1cccc2c1C1(CN(CCCN3CCN(c4ccc(F)cc4)CC3)S2(=O)=O)SCCS1. The topological polar surface area (TPSA) is 53.1 Å². The van der Waals surface area contributed by atoms with Crippen molar-refractivity contribution in [3.63, 3.8) is 0 Å². The molecule has 0 radical (unpaired) electrons. The van der Waals surface area contributed by atoms with E-state index >= 15 is 0 Å². The van der Waals surface area contributed by atoms with E-state index in [1.807, 2.05) is 41.7 Å². The van der Waals surface area contributed by atoms with Gasteiger partial charge in [0.2, 0.25) is 10.0 Å². The lowest BCUT2D eigenvalue weighted by Gasteiger charge is -2.41. The summed E-state index contributed by atoms with van der Waals surface area (Å²) in [5.41, 5.74) is 1.88. The predicted octanol–water partition coefficient (Wildman–Crippen LogP) is 3.68. The van der Waals surface area contributed by atoms with Crippen LogP contribution in [0.3, 0.4) is 0 Å². The van der Waals surface area contributed by atoms with Gasteiger partial charge in [-0.25, -0.2) is 12.8 Å². The van der Waals surface area contributed by atoms with Crippen LogP contribution >= 0.6 is 23.5 Å². The lowest BCUT2D eigenvalue weighted by molar-refractivity contribution is 0.244. The number of fused-ring (bicyclic) bond motifs is 2. The molecule has 3 aliphatic rings. The molecule has 0 atom stereocenters. The van der Waals surface area contributed by atoms with Crippen molar-refractivity contribution in [2.75, 3.05) is 69.3 Å². The minimum absolute atomic E-state index is 0.215. The molecule has 0 saturated carbocycles. The van der Waals surface area contributed by atoms with Crippen molar-refractivity contribution in [1.82, 2.24) is 9.21 Å². The third-order valence-electron chi connectivity index (χ3n) is 6.79. The van der Waals surface area contributed by atoms with Gasteiger partial charge in [-0.15, -0.1) is 23.5 Å². The highest BCUT2D eigenvalue weighted by Crippen LogP contribution is 2.58. The predicted molar refractivity (Wildman–Crippen MR) is 138 cm³/mol. The van der Waals surface area contributed by atoms with E-state index < -0.39 is 10.0 Å². The number of thioether (sulfide) groups is 2. The van der Waals surface area contributed by atoms with Crippen molar-refractivity contribution in [3.8, 4) is 5.75 Å². The van der Waals surface area contributed by atoms with E-state index in [-0.39, 0.29) is 9.90 Å². The van der Waals surface area contributed by atoms with Gasteiger partial charge >= 0.3 is 0 Å². The summed E-state index contributed by atoms with van der Waals surface area (Å²) in [6, 6.07) is 12.0. The zero-order chi connectivity index (χ0) is 23.8. The average Bonchev–Trinajstić information content (AvgIpc) is 3.32. The van der Waals surface area contributed by atoms with Gasteiger partial charge in [0.1, 0.15) is 15.6 Å². The molecule has 0 N–H and O–H groups in total. The standard InChI is InChI=1S/C24H30FN3O3S3/c1-31-21-4-2-5-22-23(21)24(32-16-17-33-24)18-28(34(22,29)30)11-3-10-26-12-14-27(15-13-26)20-8-6-19(25)7-9-20/h2,4-9H,3,10-18H2,1H3. The quantitative estimate of drug-likeness (QED) is 0.573. The summed E-state index contributed by atoms with van der Waals surface area (Å²) in [6.07, 6.45) is 0.792. The Bertz CT molecular complexity index is 1120. The Morgan fingerprint density at radius 1 is 1.00 bits per heavy atom. The highest BCUT2D eigenvalue weighted by atomic mass is 32.2. The Hall–Kier alpha value is -1.46. The first-order valence-corrected chi connectivity index (χ1v) is 15.0. The minimum atomic E-state index is -3.56. The van der Waals surface area contributed by atoms with E-state index in [1.54, 1.807) is 23.5 Å². The summed E-state index contributed by atoms with van der Waals surface area (Å²) in [4.78, 5) is 5.06. The van der Waals surface area contributed by atoms with E-state index in [0.717, 1.165) is 61.9 Å². The molecule has 5 rings (SSSR count). The molecule has 3 heterocycles. The Labute approximate surface area is 209 Å². The summed E-state index contributed by atoms with van der Waals surface area (Å²) in [5.74, 6) is 2.47. The fourth-order valence-electron chi connectivity index (χ4n) is 5.05. The molecular formula is C24H30FN3O3S3. The lowest BCUT2D eigenvalue weighted by atomic mass is 10.1. The van der Waals surface area contributed by atoms with E-state index in [1.165, 1.54) is 12.1 Å². The van der Waals surface area contributed by atoms with Gasteiger partial charge in [0, 0.05) is 62.0 Å². The van der Waals surface area contributed by atoms with Crippen LogP contribution in [0.4, 0.5) is 10.1 Å². The molecule has 0 aliphatic carbocycles. The van der Waals surface area contributed by atoms with E-state index in [4.69, 9.17) is 4.74 Å². The van der Waals surface area contributed by atoms with Crippen molar-refractivity contribution in [3.05, 3.63) is 53.8 Å². The fraction of sp³-hybridized carbons (Fsp3) is 0.500. The molecular weight excluding hydrogens is 493 g/mol. The van der Waals surface area contributed by atoms with Crippen LogP contribution in [0.15, 0.2) is 47.4 Å². The van der Waals surface area contributed by atoms with E-state index in [9.17, 15) is 12.8 Å². The number of anilines is 1. The van der Waals surface area contributed by atoms with Crippen molar-refractivity contribution in [1.29, 1.82) is 0 Å². The summed E-state index contributed by atoms with van der Waals surface area (Å²) in [7, 11) is -1.95. The molecule has 2 saturated heterocycles. The summed E-state index contributed by atoms with van der Waals surface area (Å²) < 4.78 is 47.2. The van der Waals surface area contributed by atoms with Crippen LogP contribution in [0, 0.1) is 5.82 Å². The van der Waals surface area contributed by atoms with Crippen LogP contribution in [-0.4, -0.2) is 82.1 Å². The molecule has 6 nitrogen and oxygen atoms in total. The number of hydrogen-bond donors (Lipinski definition) is 0. The number of sulfonamides is 1. The first-order chi connectivity index (χ1) is 16.4. The highest BCUT2D eigenvalue weighted by molar-refractivity contribution is 8.20. The summed E-state index contributed by atoms with van der Waals surface area (Å²) >= 11 is 3.68. The zero-order valence-electron chi connectivity index (χ0n) is 19.3. The number of ether oxygens (including phenoxy) is 1. The monoisotopic (exact) mass is 523 g/mol. The molecule has 0 bridgehead atoms. The lowest BCUT2D eigenvalue weighted by Crippen LogP contribution is -2.48. The molecule has 184 valence electrons. The normalized spacial score (nSPS) is 22.1. The molecule has 0 amide bonds. The molecule has 2 fully saturated rings. The Morgan fingerprint density at radius 3 is 2.38 bits per heavy atom. The average molecular weight is 524 g/mol. The van der Waals surface area contributed by atoms with E-state index in [0.29, 0.717) is 23.7 Å². The largest absolute Gasteiger partial charge is 0.496 e. The number of hydrogen-bond acceptors (Lipinski definition) is 7. The molecule has 34 heavy (non-hydrogen) atoms. The molecule has 0 aromatic heterocycles. The molecule has 0 unspecified atom stereocenters. The summed E-state index contributed by atoms with van der Waals surface area (Å²) in [6.45, 7) is 5.46. The Morgan fingerprint density at radius 2 is 1.71 bits per heavy atom. The maximum absolute atomic E-state index is 13.5. The Balaban J connectivity index is 1.23. The molecule has 2 aromatic carbocycles. The van der Waals surface area contributed by atoms with Crippen molar-refractivity contribution in [2.45, 2.75) is 15.4 Å². The van der Waals surface area contributed by atoms with Crippen LogP contribution in [0.25, 0.3) is 0 Å². The molecule has 10 heteroatoms. The van der Waals surface area contributed by atoms with Crippen LogP contribution in [0.2, 0.25) is 0 Å². The van der Waals surface area contributed by atoms with Gasteiger partial charge in [-0.1, -0.05) is 6.07 Å². The second-order valence-electron chi connectivity index (χ2n) is 8.78. The van der Waals surface area contributed by atoms with Crippen LogP contribution in [0.5, 0.6) is 5.75 Å². The van der Waals surface area contributed by atoms with Gasteiger partial charge in [-0.2, -0.15) is 4.31 Å². The van der Waals surface area contributed by atoms with Gasteiger partial charge in [-0.05, 0) is 49.4 Å². The third kappa shape index (κ3) is 4.55. The second kappa shape index (κ2) is 9.89. The summed E-state index contributed by atoms with van der Waals surface area (Å²) in [5, 5.41) is 0. The number of methoxy groups -OCH3 is 1. The molecule has 2 aromatic rings. The number of benzene rings is 2. The first kappa shape index (κ1) is 24.2. The van der Waals surface area contributed by atoms with Gasteiger partial charge in [-0.3, -0.25) is 4.90 Å². The third-order valence-corrected chi connectivity index (χ3v) is 12.1. The smallest absolute Gasteiger partial charge is 0.243 e. The fourth-order valence-corrected chi connectivity index (χ4v) is 10.5. The zero-order valence-corrected chi connectivity index (χ0v) is 21.7. The van der Waals surface area contributed by atoms with Crippen molar-refractivity contribution in [2.24, 2.45) is 0 Å². The highest BCUT2D eigenvalue weighted by Gasteiger charge is 2.50. The van der Waals surface area contributed by atoms with Gasteiger partial charge < -0.3 is 9.64 Å². The number of piperazine rings is 1. The van der Waals surface area contributed by atoms with Gasteiger partial charge in [0.25, 0.3) is 0 Å². The second-order valence-corrected chi connectivity index (χ2v) is 13.7. The maximum atomic E-state index is 13.5. The number of halogens is 1. The van der Waals surface area contributed by atoms with E-state index in [2.05, 4.69) is 9.80 Å². The number of nitrogens with zero attached hydrogens (tertiary/aromatic N) is 3. The maximum Gasteiger partial charge on any atom is 0.243 e. The van der Waals surface area contributed by atoms with Crippen LogP contribution < -0.4 is 9.64 Å². The number of rotatable bonds is 6. The minimum Gasteiger partial charge on any atom is -0.496 e. The van der Waals surface area contributed by atoms with Crippen molar-refractivity contribution >= 4 is 39.2 Å². The van der Waals surface area contributed by atoms with Crippen molar-refractivity contribution < 1.29 is 17.5 Å². The Kier molecular flexibility index (Phi) is 7.05. The first-order valence-electron chi connectivity index (χ1n) is 11.6.